The average molecular weight is 316 g/mol. The van der Waals surface area contributed by atoms with Gasteiger partial charge >= 0.3 is 63.3 Å². The molecule has 0 bridgehead atoms. The van der Waals surface area contributed by atoms with E-state index in [1.165, 1.54) is 0 Å². The molecule has 0 aliphatic heterocycles. The van der Waals surface area contributed by atoms with Gasteiger partial charge in [-0.2, -0.15) is 8.42 Å². The van der Waals surface area contributed by atoms with Gasteiger partial charge in [-0.3, -0.25) is 9.11 Å². The number of rotatable bonds is 0. The third-order valence-corrected chi connectivity index (χ3v) is 0. The fourth-order valence-electron chi connectivity index (χ4n) is 0. The van der Waals surface area contributed by atoms with Crippen LogP contribution in [0.3, 0.4) is 0 Å². The fraction of sp³-hybridized carbons (Fsp3) is 0. The SMILES string of the molecule is O.O=C(O)O.O=S(=O)(O)O.O[Si](O)(O)O.[Ca+2].[H-].[H-]. The van der Waals surface area contributed by atoms with E-state index in [0.29, 0.717) is 0 Å². The second-order valence-corrected chi connectivity index (χ2v) is 3.43. The first-order chi connectivity index (χ1) is 5.73. The van der Waals surface area contributed by atoms with Crippen molar-refractivity contribution in [2.24, 2.45) is 0 Å². The predicted molar refractivity (Wildman–Crippen MR) is 51.1 cm³/mol. The molecule has 15 heteroatoms. The molecule has 12 nitrogen and oxygen atoms in total. The van der Waals surface area contributed by atoms with Crippen molar-refractivity contribution >= 4 is 63.3 Å². The van der Waals surface area contributed by atoms with Crippen LogP contribution in [0.2, 0.25) is 0 Å². The Balaban J connectivity index is -0.0000000183. The summed E-state index contributed by atoms with van der Waals surface area (Å²) in [6.07, 6.45) is -1.83. The Kier molecular flexibility index (Phi) is 25.2. The standard InChI is InChI=1S/CH2O3.Ca.H2O4S.H4O4Si.H2O.2H/c2-1(3)4;;2*1-5(2,3)4;;;/h(H2,2,3,4);;(H2,1,2,3,4);1-4H;1H2;;/q;+2;;;;2*-1. The van der Waals surface area contributed by atoms with E-state index >= 15 is 0 Å². The number of carbonyl (C=O) groups is 1. The van der Waals surface area contributed by atoms with Gasteiger partial charge in [0.1, 0.15) is 0 Å². The van der Waals surface area contributed by atoms with Gasteiger partial charge in [-0.25, -0.2) is 4.79 Å². The zero-order chi connectivity index (χ0) is 12.6. The first-order valence-electron chi connectivity index (χ1n) is 2.24. The first-order valence-corrected chi connectivity index (χ1v) is 5.43. The van der Waals surface area contributed by atoms with Crippen molar-refractivity contribution in [2.75, 3.05) is 0 Å². The summed E-state index contributed by atoms with van der Waals surface area (Å²) < 4.78 is 31.6. The van der Waals surface area contributed by atoms with Crippen LogP contribution in [0.15, 0.2) is 0 Å². The predicted octanol–water partition coefficient (Wildman–Crippen LogP) is -4.02. The average Bonchev–Trinajstić information content (AvgIpc) is 1.45. The van der Waals surface area contributed by atoms with Gasteiger partial charge in [0.2, 0.25) is 0 Å². The quantitative estimate of drug-likeness (QED) is 0.158. The third kappa shape index (κ3) is 15000. The van der Waals surface area contributed by atoms with Gasteiger partial charge in [-0.15, -0.1) is 0 Å². The summed E-state index contributed by atoms with van der Waals surface area (Å²) in [5, 5.41) is 13.9. The van der Waals surface area contributed by atoms with Crippen LogP contribution in [0.1, 0.15) is 2.85 Å². The largest absolute Gasteiger partial charge is 2.00 e. The summed E-state index contributed by atoms with van der Waals surface area (Å²) >= 11 is 0. The minimum Gasteiger partial charge on any atom is -1.00 e. The summed E-state index contributed by atoms with van der Waals surface area (Å²) in [5.74, 6) is 0. The smallest absolute Gasteiger partial charge is 1.00 e. The van der Waals surface area contributed by atoms with E-state index in [9.17, 15) is 0 Å². The molecule has 0 unspecified atom stereocenters. The number of hydrogen-bond acceptors (Lipinski definition) is 7. The molecule has 0 rings (SSSR count). The van der Waals surface area contributed by atoms with Crippen LogP contribution in [0.4, 0.5) is 4.79 Å². The van der Waals surface area contributed by atoms with E-state index in [1.54, 1.807) is 0 Å². The Morgan fingerprint density at radius 1 is 1.00 bits per heavy atom. The second kappa shape index (κ2) is 13.5. The van der Waals surface area contributed by atoms with Crippen molar-refractivity contribution < 1.29 is 60.0 Å². The number of hydrogen-bond donors (Lipinski definition) is 8. The Bertz CT molecular complexity index is 229. The van der Waals surface area contributed by atoms with Crippen LogP contribution in [-0.4, -0.2) is 105 Å². The van der Waals surface area contributed by atoms with E-state index < -0.39 is 25.6 Å². The van der Waals surface area contributed by atoms with Crippen LogP contribution < -0.4 is 0 Å². The van der Waals surface area contributed by atoms with Crippen LogP contribution in [0.5, 0.6) is 0 Å². The molecule has 0 aromatic carbocycles. The van der Waals surface area contributed by atoms with Crippen molar-refractivity contribution in [1.29, 1.82) is 0 Å². The summed E-state index contributed by atoms with van der Waals surface area (Å²) in [4.78, 5) is 37.9. The summed E-state index contributed by atoms with van der Waals surface area (Å²) in [7, 11) is -9.28. The number of carboxylic acid groups (broad SMARTS) is 2. The minimum atomic E-state index is -4.67. The molecule has 0 atom stereocenters. The topological polar surface area (TPSA) is 245 Å². The Hall–Kier alpha value is 0.417. The minimum absolute atomic E-state index is 0. The first kappa shape index (κ1) is 29.9. The maximum Gasteiger partial charge on any atom is 2.00 e. The van der Waals surface area contributed by atoms with Crippen molar-refractivity contribution in [3.8, 4) is 0 Å². The van der Waals surface area contributed by atoms with Gasteiger partial charge in [0.25, 0.3) is 0 Å². The van der Waals surface area contributed by atoms with Crippen molar-refractivity contribution in [2.45, 2.75) is 0 Å². The molecule has 16 heavy (non-hydrogen) atoms. The molecule has 0 amide bonds. The molecule has 10 N–H and O–H groups in total. The molecule has 0 radical (unpaired) electrons. The van der Waals surface area contributed by atoms with E-state index in [-0.39, 0.29) is 46.1 Å². The van der Waals surface area contributed by atoms with Gasteiger partial charge in [0.15, 0.2) is 0 Å². The van der Waals surface area contributed by atoms with E-state index in [0.717, 1.165) is 0 Å². The normalized spacial score (nSPS) is 8.88. The molecule has 0 fully saturated rings. The zero-order valence-corrected chi connectivity index (χ0v) is 11.4. The maximum atomic E-state index is 8.74. The van der Waals surface area contributed by atoms with Crippen LogP contribution in [0, 0.1) is 0 Å². The monoisotopic (exact) mass is 316 g/mol. The molecule has 0 saturated heterocycles. The summed E-state index contributed by atoms with van der Waals surface area (Å²) in [6.45, 7) is 0. The van der Waals surface area contributed by atoms with Gasteiger partial charge in [-0.05, 0) is 0 Å². The van der Waals surface area contributed by atoms with E-state index in [1.807, 2.05) is 0 Å². The zero-order valence-electron chi connectivity index (χ0n) is 9.42. The van der Waals surface area contributed by atoms with Crippen LogP contribution >= 0.6 is 0 Å². The van der Waals surface area contributed by atoms with Gasteiger partial charge in [0, 0.05) is 0 Å². The molecule has 0 spiro atoms. The molecule has 0 aliphatic rings. The Morgan fingerprint density at radius 2 is 1.00 bits per heavy atom. The Morgan fingerprint density at radius 3 is 1.00 bits per heavy atom. The van der Waals surface area contributed by atoms with Crippen molar-refractivity contribution in [1.82, 2.24) is 0 Å². The summed E-state index contributed by atoms with van der Waals surface area (Å²) in [6, 6.07) is 0. The van der Waals surface area contributed by atoms with Gasteiger partial charge in [-0.1, -0.05) is 0 Å². The molecular formula is CH12CaO12SSi. The Labute approximate surface area is 123 Å². The molecule has 100 valence electrons. The van der Waals surface area contributed by atoms with Gasteiger partial charge < -0.3 is 37.7 Å². The molecular weight excluding hydrogens is 304 g/mol. The van der Waals surface area contributed by atoms with Crippen molar-refractivity contribution in [3.63, 3.8) is 0 Å². The maximum absolute atomic E-state index is 8.74. The van der Waals surface area contributed by atoms with E-state index in [4.69, 9.17) is 51.7 Å². The van der Waals surface area contributed by atoms with Crippen molar-refractivity contribution in [3.05, 3.63) is 0 Å². The fourth-order valence-corrected chi connectivity index (χ4v) is 0. The van der Waals surface area contributed by atoms with Crippen LogP contribution in [-0.2, 0) is 10.4 Å². The van der Waals surface area contributed by atoms with Crippen LogP contribution in [0.25, 0.3) is 0 Å². The van der Waals surface area contributed by atoms with E-state index in [2.05, 4.69) is 0 Å². The summed E-state index contributed by atoms with van der Waals surface area (Å²) in [5.41, 5.74) is 0. The molecule has 0 heterocycles. The molecule has 0 aliphatic carbocycles. The third-order valence-electron chi connectivity index (χ3n) is 0. The molecule has 0 aromatic rings. The molecule has 0 saturated carbocycles. The molecule has 0 aromatic heterocycles. The second-order valence-electron chi connectivity index (χ2n) is 1.33. The van der Waals surface area contributed by atoms with Gasteiger partial charge in [0.05, 0.1) is 0 Å².